The number of anilines is 1. The Hall–Kier alpha value is -1.02. The van der Waals surface area contributed by atoms with E-state index < -0.39 is 0 Å². The molecule has 0 spiro atoms. The topological polar surface area (TPSA) is 23.5 Å². The Bertz CT molecular complexity index is 338. The third-order valence-electron chi connectivity index (χ3n) is 3.85. The normalized spacial score (nSPS) is 19.0. The average molecular weight is 233 g/mol. The number of hydrogen-bond acceptors (Lipinski definition) is 2. The predicted octanol–water partition coefficient (Wildman–Crippen LogP) is 3.37. The standard InChI is InChI=1S/C15H23NO/c1-16(2)14-10-8-13(9-11-14)15(17)12-6-4-3-5-7-12/h8-12,15,17H,3-7H2,1-2H3. The van der Waals surface area contributed by atoms with Crippen molar-refractivity contribution in [3.63, 3.8) is 0 Å². The van der Waals surface area contributed by atoms with Gasteiger partial charge >= 0.3 is 0 Å². The van der Waals surface area contributed by atoms with Crippen molar-refractivity contribution in [2.45, 2.75) is 38.2 Å². The van der Waals surface area contributed by atoms with Crippen molar-refractivity contribution < 1.29 is 5.11 Å². The molecule has 1 aliphatic rings. The van der Waals surface area contributed by atoms with Crippen LogP contribution in [0.15, 0.2) is 24.3 Å². The molecule has 0 heterocycles. The molecule has 0 saturated heterocycles. The summed E-state index contributed by atoms with van der Waals surface area (Å²) >= 11 is 0. The summed E-state index contributed by atoms with van der Waals surface area (Å²) in [5.41, 5.74) is 2.26. The highest BCUT2D eigenvalue weighted by Gasteiger charge is 2.22. The molecule has 2 nitrogen and oxygen atoms in total. The van der Waals surface area contributed by atoms with Crippen LogP contribution >= 0.6 is 0 Å². The molecule has 1 aromatic rings. The third kappa shape index (κ3) is 3.01. The van der Waals surface area contributed by atoms with E-state index in [4.69, 9.17) is 0 Å². The third-order valence-corrected chi connectivity index (χ3v) is 3.85. The van der Waals surface area contributed by atoms with Crippen LogP contribution in [-0.2, 0) is 0 Å². The summed E-state index contributed by atoms with van der Waals surface area (Å²) in [5.74, 6) is 0.467. The lowest BCUT2D eigenvalue weighted by Crippen LogP contribution is -2.16. The van der Waals surface area contributed by atoms with Gasteiger partial charge in [0, 0.05) is 19.8 Å². The first kappa shape index (κ1) is 12.4. The van der Waals surface area contributed by atoms with Crippen molar-refractivity contribution in [3.8, 4) is 0 Å². The zero-order valence-electron chi connectivity index (χ0n) is 10.9. The maximum absolute atomic E-state index is 10.4. The number of benzene rings is 1. The van der Waals surface area contributed by atoms with E-state index in [9.17, 15) is 5.11 Å². The fourth-order valence-electron chi connectivity index (χ4n) is 2.69. The maximum atomic E-state index is 10.4. The molecule has 0 bridgehead atoms. The number of aliphatic hydroxyl groups excluding tert-OH is 1. The van der Waals surface area contributed by atoms with Crippen LogP contribution in [0.5, 0.6) is 0 Å². The Balaban J connectivity index is 2.05. The summed E-state index contributed by atoms with van der Waals surface area (Å²) in [5, 5.41) is 10.4. The fourth-order valence-corrected chi connectivity index (χ4v) is 2.69. The van der Waals surface area contributed by atoms with E-state index in [1.54, 1.807) is 0 Å². The van der Waals surface area contributed by atoms with Crippen molar-refractivity contribution in [2.75, 3.05) is 19.0 Å². The highest BCUT2D eigenvalue weighted by molar-refractivity contribution is 5.46. The van der Waals surface area contributed by atoms with E-state index in [-0.39, 0.29) is 6.10 Å². The molecular formula is C15H23NO. The van der Waals surface area contributed by atoms with Gasteiger partial charge in [-0.2, -0.15) is 0 Å². The van der Waals surface area contributed by atoms with Gasteiger partial charge < -0.3 is 10.0 Å². The van der Waals surface area contributed by atoms with Crippen LogP contribution in [0.1, 0.15) is 43.8 Å². The Morgan fingerprint density at radius 3 is 2.18 bits per heavy atom. The first-order valence-electron chi connectivity index (χ1n) is 6.64. The van der Waals surface area contributed by atoms with E-state index in [0.717, 1.165) is 5.56 Å². The second kappa shape index (κ2) is 5.54. The van der Waals surface area contributed by atoms with Crippen LogP contribution in [-0.4, -0.2) is 19.2 Å². The van der Waals surface area contributed by atoms with Crippen LogP contribution in [0.25, 0.3) is 0 Å². The van der Waals surface area contributed by atoms with Crippen molar-refractivity contribution in [1.29, 1.82) is 0 Å². The minimum atomic E-state index is -0.272. The molecule has 1 saturated carbocycles. The van der Waals surface area contributed by atoms with Gasteiger partial charge in [-0.15, -0.1) is 0 Å². The van der Waals surface area contributed by atoms with Crippen molar-refractivity contribution in [3.05, 3.63) is 29.8 Å². The van der Waals surface area contributed by atoms with E-state index in [1.807, 2.05) is 14.1 Å². The Morgan fingerprint density at radius 1 is 1.06 bits per heavy atom. The van der Waals surface area contributed by atoms with Gasteiger partial charge in [0.2, 0.25) is 0 Å². The van der Waals surface area contributed by atoms with Gasteiger partial charge in [-0.3, -0.25) is 0 Å². The summed E-state index contributed by atoms with van der Waals surface area (Å²) in [4.78, 5) is 2.08. The second-order valence-electron chi connectivity index (χ2n) is 5.33. The number of nitrogens with zero attached hydrogens (tertiary/aromatic N) is 1. The molecule has 1 aliphatic carbocycles. The summed E-state index contributed by atoms with van der Waals surface area (Å²) in [7, 11) is 4.07. The van der Waals surface area contributed by atoms with Crippen molar-refractivity contribution >= 4 is 5.69 Å². The summed E-state index contributed by atoms with van der Waals surface area (Å²) in [6.45, 7) is 0. The van der Waals surface area contributed by atoms with Crippen LogP contribution < -0.4 is 4.90 Å². The molecule has 1 atom stereocenters. The largest absolute Gasteiger partial charge is 0.388 e. The highest BCUT2D eigenvalue weighted by Crippen LogP contribution is 2.34. The van der Waals surface area contributed by atoms with Gasteiger partial charge in [-0.25, -0.2) is 0 Å². The van der Waals surface area contributed by atoms with Crippen molar-refractivity contribution in [2.24, 2.45) is 5.92 Å². The summed E-state index contributed by atoms with van der Waals surface area (Å²) < 4.78 is 0. The average Bonchev–Trinajstić information content (AvgIpc) is 2.39. The molecule has 2 rings (SSSR count). The zero-order chi connectivity index (χ0) is 12.3. The Labute approximate surface area is 104 Å². The van der Waals surface area contributed by atoms with Crippen LogP contribution in [0.4, 0.5) is 5.69 Å². The van der Waals surface area contributed by atoms with Crippen LogP contribution in [0.2, 0.25) is 0 Å². The molecule has 0 aromatic heterocycles. The van der Waals surface area contributed by atoms with Crippen LogP contribution in [0, 0.1) is 5.92 Å². The smallest absolute Gasteiger partial charge is 0.0818 e. The quantitative estimate of drug-likeness (QED) is 0.865. The zero-order valence-corrected chi connectivity index (χ0v) is 10.9. The van der Waals surface area contributed by atoms with Gasteiger partial charge in [-0.1, -0.05) is 31.4 Å². The van der Waals surface area contributed by atoms with Crippen molar-refractivity contribution in [1.82, 2.24) is 0 Å². The first-order valence-corrected chi connectivity index (χ1v) is 6.64. The lowest BCUT2D eigenvalue weighted by molar-refractivity contribution is 0.0848. The molecule has 1 fully saturated rings. The molecule has 94 valence electrons. The maximum Gasteiger partial charge on any atom is 0.0818 e. The summed E-state index contributed by atoms with van der Waals surface area (Å²) in [6.07, 6.45) is 5.97. The van der Waals surface area contributed by atoms with Gasteiger partial charge in [0.15, 0.2) is 0 Å². The second-order valence-corrected chi connectivity index (χ2v) is 5.33. The number of aliphatic hydroxyl groups is 1. The molecule has 17 heavy (non-hydrogen) atoms. The SMILES string of the molecule is CN(C)c1ccc(C(O)C2CCCCC2)cc1. The minimum Gasteiger partial charge on any atom is -0.388 e. The summed E-state index contributed by atoms with van der Waals surface area (Å²) in [6, 6.07) is 8.30. The highest BCUT2D eigenvalue weighted by atomic mass is 16.3. The van der Waals surface area contributed by atoms with E-state index in [1.165, 1.54) is 37.8 Å². The van der Waals surface area contributed by atoms with E-state index >= 15 is 0 Å². The van der Waals surface area contributed by atoms with E-state index in [2.05, 4.69) is 29.2 Å². The fraction of sp³-hybridized carbons (Fsp3) is 0.600. The van der Waals surface area contributed by atoms with Gasteiger partial charge in [0.1, 0.15) is 0 Å². The molecule has 0 radical (unpaired) electrons. The number of rotatable bonds is 3. The number of hydrogen-bond donors (Lipinski definition) is 1. The lowest BCUT2D eigenvalue weighted by atomic mass is 9.83. The van der Waals surface area contributed by atoms with Crippen LogP contribution in [0.3, 0.4) is 0 Å². The molecule has 0 aliphatic heterocycles. The Morgan fingerprint density at radius 2 is 1.65 bits per heavy atom. The Kier molecular flexibility index (Phi) is 4.06. The molecule has 1 aromatic carbocycles. The minimum absolute atomic E-state index is 0.272. The van der Waals surface area contributed by atoms with Gasteiger partial charge in [0.25, 0.3) is 0 Å². The van der Waals surface area contributed by atoms with E-state index in [0.29, 0.717) is 5.92 Å². The lowest BCUT2D eigenvalue weighted by Gasteiger charge is -2.27. The predicted molar refractivity (Wildman–Crippen MR) is 72.3 cm³/mol. The van der Waals surface area contributed by atoms with Gasteiger partial charge in [0.05, 0.1) is 6.10 Å². The molecule has 1 unspecified atom stereocenters. The molecule has 0 amide bonds. The molecular weight excluding hydrogens is 210 g/mol. The monoisotopic (exact) mass is 233 g/mol. The molecule has 1 N–H and O–H groups in total. The first-order chi connectivity index (χ1) is 8.18. The molecule has 2 heteroatoms. The van der Waals surface area contributed by atoms with Gasteiger partial charge in [-0.05, 0) is 36.5 Å².